The maximum Gasteiger partial charge on any atom is 0.348 e. The van der Waals surface area contributed by atoms with Crippen LogP contribution < -0.4 is 4.90 Å². The van der Waals surface area contributed by atoms with Gasteiger partial charge in [-0.25, -0.2) is 4.79 Å². The van der Waals surface area contributed by atoms with Crippen LogP contribution in [0, 0.1) is 0 Å². The number of anilines is 3. The van der Waals surface area contributed by atoms with E-state index in [-0.39, 0.29) is 5.97 Å². The summed E-state index contributed by atoms with van der Waals surface area (Å²) >= 11 is 3.05. The molecule has 4 nitrogen and oxygen atoms in total. The van der Waals surface area contributed by atoms with Gasteiger partial charge in [-0.1, -0.05) is 18.2 Å². The van der Waals surface area contributed by atoms with Crippen molar-refractivity contribution in [2.45, 2.75) is 26.4 Å². The minimum atomic E-state index is -0.527. The highest BCUT2D eigenvalue weighted by Crippen LogP contribution is 2.41. The summed E-state index contributed by atoms with van der Waals surface area (Å²) in [6.45, 7) is 5.62. The van der Waals surface area contributed by atoms with Crippen molar-refractivity contribution < 1.29 is 9.53 Å². The molecule has 0 spiro atoms. The largest absolute Gasteiger partial charge is 0.456 e. The topological polar surface area (TPSA) is 42.4 Å². The van der Waals surface area contributed by atoms with Crippen molar-refractivity contribution in [3.8, 4) is 0 Å². The van der Waals surface area contributed by atoms with E-state index in [4.69, 9.17) is 4.74 Å². The average molecular weight is 409 g/mol. The summed E-state index contributed by atoms with van der Waals surface area (Å²) in [5.74, 6) is -0.304. The number of para-hydroxylation sites is 1. The van der Waals surface area contributed by atoms with E-state index in [1.54, 1.807) is 17.5 Å². The third kappa shape index (κ3) is 3.79. The summed E-state index contributed by atoms with van der Waals surface area (Å²) in [5.41, 5.74) is 2.52. The zero-order chi connectivity index (χ0) is 19.7. The molecule has 0 aliphatic rings. The Bertz CT molecular complexity index is 1100. The fourth-order valence-corrected chi connectivity index (χ4v) is 4.49. The van der Waals surface area contributed by atoms with E-state index in [0.29, 0.717) is 4.88 Å². The molecule has 0 saturated carbocycles. The van der Waals surface area contributed by atoms with Gasteiger partial charge in [0.25, 0.3) is 0 Å². The SMILES string of the molecule is CC(C)(C)OC(=O)c1cc2c(N(c3ccccc3)c3ccsc3)cncc2s1. The summed E-state index contributed by atoms with van der Waals surface area (Å²) < 4.78 is 6.50. The zero-order valence-corrected chi connectivity index (χ0v) is 17.5. The lowest BCUT2D eigenvalue weighted by Gasteiger charge is -2.24. The minimum absolute atomic E-state index is 0.304. The first-order chi connectivity index (χ1) is 13.4. The molecule has 0 bridgehead atoms. The highest BCUT2D eigenvalue weighted by molar-refractivity contribution is 7.20. The highest BCUT2D eigenvalue weighted by atomic mass is 32.1. The fourth-order valence-electron chi connectivity index (χ4n) is 2.94. The average Bonchev–Trinajstić information content (AvgIpc) is 3.31. The molecular formula is C22H20N2O2S2. The predicted octanol–water partition coefficient (Wildman–Crippen LogP) is 6.78. The van der Waals surface area contributed by atoms with Gasteiger partial charge in [0, 0.05) is 22.7 Å². The molecule has 4 rings (SSSR count). The van der Waals surface area contributed by atoms with Crippen LogP contribution in [0.1, 0.15) is 30.4 Å². The number of pyridine rings is 1. The van der Waals surface area contributed by atoms with Gasteiger partial charge in [0.05, 0.1) is 22.3 Å². The van der Waals surface area contributed by atoms with Crippen molar-refractivity contribution in [3.05, 3.63) is 70.5 Å². The number of ether oxygens (including phenoxy) is 1. The van der Waals surface area contributed by atoms with Crippen molar-refractivity contribution in [3.63, 3.8) is 0 Å². The number of hydrogen-bond donors (Lipinski definition) is 0. The first-order valence-electron chi connectivity index (χ1n) is 8.91. The first kappa shape index (κ1) is 18.7. The monoisotopic (exact) mass is 408 g/mol. The lowest BCUT2D eigenvalue weighted by Crippen LogP contribution is -2.23. The van der Waals surface area contributed by atoms with Crippen LogP contribution in [0.5, 0.6) is 0 Å². The minimum Gasteiger partial charge on any atom is -0.456 e. The standard InChI is InChI=1S/C22H20N2O2S2/c1-22(2,3)26-21(25)19-11-17-18(12-23-13-20(17)28-19)24(16-9-10-27-14-16)15-7-5-4-6-8-15/h4-14H,1-3H3. The van der Waals surface area contributed by atoms with E-state index in [1.165, 1.54) is 11.3 Å². The number of aromatic nitrogens is 1. The summed E-state index contributed by atoms with van der Waals surface area (Å²) in [5, 5.41) is 5.14. The molecule has 0 fully saturated rings. The number of rotatable bonds is 4. The number of esters is 1. The Morgan fingerprint density at radius 1 is 1.07 bits per heavy atom. The molecule has 1 aromatic carbocycles. The Balaban J connectivity index is 1.84. The van der Waals surface area contributed by atoms with Crippen LogP contribution in [-0.4, -0.2) is 16.6 Å². The Kier molecular flexibility index (Phi) is 4.91. The number of carbonyl (C=O) groups is 1. The quantitative estimate of drug-likeness (QED) is 0.349. The molecule has 3 aromatic heterocycles. The number of nitrogens with zero attached hydrogens (tertiary/aromatic N) is 2. The van der Waals surface area contributed by atoms with Crippen LogP contribution in [-0.2, 0) is 4.74 Å². The smallest absolute Gasteiger partial charge is 0.348 e. The Hall–Kier alpha value is -2.70. The van der Waals surface area contributed by atoms with Gasteiger partial charge in [-0.3, -0.25) is 4.98 Å². The van der Waals surface area contributed by atoms with Gasteiger partial charge in [0.1, 0.15) is 10.5 Å². The number of benzene rings is 1. The molecule has 28 heavy (non-hydrogen) atoms. The van der Waals surface area contributed by atoms with Crippen molar-refractivity contribution in [1.29, 1.82) is 0 Å². The summed E-state index contributed by atoms with van der Waals surface area (Å²) in [7, 11) is 0. The van der Waals surface area contributed by atoms with Crippen molar-refractivity contribution in [2.24, 2.45) is 0 Å². The maximum absolute atomic E-state index is 12.6. The maximum atomic E-state index is 12.6. The second kappa shape index (κ2) is 7.37. The van der Waals surface area contributed by atoms with E-state index in [1.807, 2.05) is 51.2 Å². The van der Waals surface area contributed by atoms with Crippen LogP contribution in [0.2, 0.25) is 0 Å². The Labute approximate surface area is 172 Å². The highest BCUT2D eigenvalue weighted by Gasteiger charge is 2.22. The molecule has 6 heteroatoms. The molecule has 3 heterocycles. The van der Waals surface area contributed by atoms with Gasteiger partial charge >= 0.3 is 5.97 Å². The molecule has 0 unspecified atom stereocenters. The third-order valence-electron chi connectivity index (χ3n) is 4.05. The summed E-state index contributed by atoms with van der Waals surface area (Å²) in [6, 6.07) is 14.2. The zero-order valence-electron chi connectivity index (χ0n) is 15.9. The van der Waals surface area contributed by atoms with Crippen LogP contribution in [0.3, 0.4) is 0 Å². The lowest BCUT2D eigenvalue weighted by atomic mass is 10.2. The number of fused-ring (bicyclic) bond motifs is 1. The van der Waals surface area contributed by atoms with E-state index >= 15 is 0 Å². The van der Waals surface area contributed by atoms with Crippen molar-refractivity contribution >= 4 is 55.8 Å². The Morgan fingerprint density at radius 3 is 2.54 bits per heavy atom. The predicted molar refractivity (Wildman–Crippen MR) is 117 cm³/mol. The molecule has 0 atom stereocenters. The first-order valence-corrected chi connectivity index (χ1v) is 10.7. The van der Waals surface area contributed by atoms with E-state index in [9.17, 15) is 4.79 Å². The normalized spacial score (nSPS) is 11.5. The van der Waals surface area contributed by atoms with Gasteiger partial charge in [0.2, 0.25) is 0 Å². The van der Waals surface area contributed by atoms with E-state index < -0.39 is 5.60 Å². The third-order valence-corrected chi connectivity index (χ3v) is 5.77. The van der Waals surface area contributed by atoms with Crippen molar-refractivity contribution in [1.82, 2.24) is 4.98 Å². The van der Waals surface area contributed by atoms with Gasteiger partial charge < -0.3 is 9.64 Å². The molecule has 142 valence electrons. The van der Waals surface area contributed by atoms with Crippen LogP contribution in [0.15, 0.2) is 65.6 Å². The molecule has 0 aliphatic heterocycles. The molecule has 0 amide bonds. The van der Waals surface area contributed by atoms with E-state index in [0.717, 1.165) is 27.1 Å². The molecule has 0 aliphatic carbocycles. The Morgan fingerprint density at radius 2 is 1.86 bits per heavy atom. The van der Waals surface area contributed by atoms with Crippen molar-refractivity contribution in [2.75, 3.05) is 4.90 Å². The lowest BCUT2D eigenvalue weighted by molar-refractivity contribution is 0.00753. The van der Waals surface area contributed by atoms with Gasteiger partial charge in [-0.05, 0) is 50.4 Å². The molecule has 0 saturated heterocycles. The van der Waals surface area contributed by atoms with Crippen LogP contribution >= 0.6 is 22.7 Å². The van der Waals surface area contributed by atoms with Crippen LogP contribution in [0.25, 0.3) is 10.1 Å². The van der Waals surface area contributed by atoms with Gasteiger partial charge in [0.15, 0.2) is 0 Å². The molecule has 4 aromatic rings. The molecule has 0 N–H and O–H groups in total. The van der Waals surface area contributed by atoms with Gasteiger partial charge in [-0.15, -0.1) is 11.3 Å². The van der Waals surface area contributed by atoms with Gasteiger partial charge in [-0.2, -0.15) is 11.3 Å². The number of hydrogen-bond acceptors (Lipinski definition) is 6. The fraction of sp³-hybridized carbons (Fsp3) is 0.182. The number of carbonyl (C=O) groups excluding carboxylic acids is 1. The van der Waals surface area contributed by atoms with E-state index in [2.05, 4.69) is 38.8 Å². The summed E-state index contributed by atoms with van der Waals surface area (Å²) in [4.78, 5) is 19.7. The van der Waals surface area contributed by atoms with Crippen LogP contribution in [0.4, 0.5) is 17.1 Å². The summed E-state index contributed by atoms with van der Waals surface area (Å²) in [6.07, 6.45) is 3.65. The molecular weight excluding hydrogens is 388 g/mol. The second-order valence-electron chi connectivity index (χ2n) is 7.34. The second-order valence-corrected chi connectivity index (χ2v) is 9.20. The number of thiophene rings is 2. The molecule has 0 radical (unpaired) electrons.